The van der Waals surface area contributed by atoms with Crippen molar-refractivity contribution in [1.82, 2.24) is 0 Å². The van der Waals surface area contributed by atoms with Crippen molar-refractivity contribution in [3.63, 3.8) is 0 Å². The Morgan fingerprint density at radius 2 is 1.95 bits per heavy atom. The minimum Gasteiger partial charge on any atom is -0.502 e. The summed E-state index contributed by atoms with van der Waals surface area (Å²) in [6.45, 7) is 0. The van der Waals surface area contributed by atoms with Crippen LogP contribution in [0.3, 0.4) is 0 Å². The van der Waals surface area contributed by atoms with Crippen molar-refractivity contribution in [3.8, 4) is 5.75 Å². The van der Waals surface area contributed by atoms with E-state index in [0.29, 0.717) is 10.2 Å². The fourth-order valence-corrected chi connectivity index (χ4v) is 1.96. The van der Waals surface area contributed by atoms with E-state index in [9.17, 15) is 20.0 Å². The fraction of sp³-hybridized carbons (Fsp3) is 0. The number of hydrogen-bond donors (Lipinski definition) is 2. The number of para-hydroxylation sites is 1. The number of nitro groups is 1. The molecule has 0 aliphatic heterocycles. The molecule has 0 fully saturated rings. The molecular formula is C13H9BrN2O4. The second-order valence-corrected chi connectivity index (χ2v) is 4.75. The Morgan fingerprint density at radius 1 is 1.25 bits per heavy atom. The zero-order chi connectivity index (χ0) is 14.7. The number of phenolic OH excluding ortho intramolecular Hbond substituents is 1. The third kappa shape index (κ3) is 2.94. The van der Waals surface area contributed by atoms with E-state index in [2.05, 4.69) is 21.2 Å². The number of nitro benzene ring substituents is 1. The molecule has 7 heteroatoms. The number of aromatic hydroxyl groups is 1. The predicted molar refractivity (Wildman–Crippen MR) is 76.9 cm³/mol. The Morgan fingerprint density at radius 3 is 2.55 bits per heavy atom. The lowest BCUT2D eigenvalue weighted by Gasteiger charge is -2.07. The van der Waals surface area contributed by atoms with Crippen LogP contribution in [0.2, 0.25) is 0 Å². The zero-order valence-electron chi connectivity index (χ0n) is 10.0. The van der Waals surface area contributed by atoms with Crippen LogP contribution < -0.4 is 5.32 Å². The molecule has 2 N–H and O–H groups in total. The van der Waals surface area contributed by atoms with E-state index >= 15 is 0 Å². The summed E-state index contributed by atoms with van der Waals surface area (Å²) in [5.74, 6) is -1.02. The van der Waals surface area contributed by atoms with Crippen molar-refractivity contribution in [1.29, 1.82) is 0 Å². The van der Waals surface area contributed by atoms with Gasteiger partial charge in [0.25, 0.3) is 5.91 Å². The van der Waals surface area contributed by atoms with Gasteiger partial charge in [0.2, 0.25) is 0 Å². The Bertz CT molecular complexity index is 688. The molecule has 1 amide bonds. The van der Waals surface area contributed by atoms with E-state index in [1.807, 2.05) is 0 Å². The Balaban J connectivity index is 2.24. The highest BCUT2D eigenvalue weighted by Crippen LogP contribution is 2.27. The average molecular weight is 337 g/mol. The molecule has 0 bridgehead atoms. The van der Waals surface area contributed by atoms with E-state index < -0.39 is 22.3 Å². The maximum absolute atomic E-state index is 12.0. The molecule has 0 saturated carbocycles. The van der Waals surface area contributed by atoms with Crippen LogP contribution in [0.5, 0.6) is 5.75 Å². The molecule has 0 saturated heterocycles. The number of benzene rings is 2. The number of phenols is 1. The second kappa shape index (κ2) is 5.70. The van der Waals surface area contributed by atoms with Crippen LogP contribution in [-0.2, 0) is 0 Å². The maximum atomic E-state index is 12.0. The first-order valence-corrected chi connectivity index (χ1v) is 6.31. The summed E-state index contributed by atoms with van der Waals surface area (Å²) in [5.41, 5.74) is 0.252. The number of nitrogens with one attached hydrogen (secondary N) is 1. The number of rotatable bonds is 3. The summed E-state index contributed by atoms with van der Waals surface area (Å²) >= 11 is 3.29. The lowest BCUT2D eigenvalue weighted by molar-refractivity contribution is -0.385. The van der Waals surface area contributed by atoms with Crippen molar-refractivity contribution in [2.24, 2.45) is 0 Å². The molecule has 0 aliphatic carbocycles. The highest BCUT2D eigenvalue weighted by Gasteiger charge is 2.16. The van der Waals surface area contributed by atoms with Crippen molar-refractivity contribution < 1.29 is 14.8 Å². The van der Waals surface area contributed by atoms with Crippen LogP contribution >= 0.6 is 15.9 Å². The number of hydrogen-bond acceptors (Lipinski definition) is 4. The normalized spacial score (nSPS) is 10.1. The third-order valence-corrected chi connectivity index (χ3v) is 3.25. The smallest absolute Gasteiger partial charge is 0.310 e. The quantitative estimate of drug-likeness (QED) is 0.664. The second-order valence-electron chi connectivity index (χ2n) is 3.89. The van der Waals surface area contributed by atoms with Crippen LogP contribution in [0.4, 0.5) is 11.4 Å². The highest BCUT2D eigenvalue weighted by molar-refractivity contribution is 9.10. The van der Waals surface area contributed by atoms with Gasteiger partial charge in [-0.2, -0.15) is 0 Å². The Hall–Kier alpha value is -2.41. The average Bonchev–Trinajstić information content (AvgIpc) is 2.40. The van der Waals surface area contributed by atoms with Crippen LogP contribution in [0.25, 0.3) is 0 Å². The molecule has 0 atom stereocenters. The van der Waals surface area contributed by atoms with Gasteiger partial charge in [-0.05, 0) is 40.2 Å². The number of amides is 1. The van der Waals surface area contributed by atoms with E-state index in [-0.39, 0.29) is 5.56 Å². The number of carbonyl (C=O) groups is 1. The van der Waals surface area contributed by atoms with Crippen LogP contribution in [0, 0.1) is 10.1 Å². The Kier molecular flexibility index (Phi) is 3.99. The first-order chi connectivity index (χ1) is 9.49. The van der Waals surface area contributed by atoms with Gasteiger partial charge in [0.1, 0.15) is 0 Å². The van der Waals surface area contributed by atoms with Gasteiger partial charge in [-0.25, -0.2) is 0 Å². The lowest BCUT2D eigenvalue weighted by Crippen LogP contribution is -2.12. The SMILES string of the molecule is O=C(Nc1ccccc1Br)c1ccc([N+](=O)[O-])c(O)c1. The van der Waals surface area contributed by atoms with Gasteiger partial charge in [0.05, 0.1) is 10.6 Å². The summed E-state index contributed by atoms with van der Waals surface area (Å²) < 4.78 is 0.708. The lowest BCUT2D eigenvalue weighted by atomic mass is 10.1. The van der Waals surface area contributed by atoms with E-state index in [0.717, 1.165) is 12.1 Å². The molecule has 2 rings (SSSR count). The molecule has 0 aromatic heterocycles. The van der Waals surface area contributed by atoms with E-state index in [1.54, 1.807) is 24.3 Å². The number of anilines is 1. The van der Waals surface area contributed by atoms with Crippen LogP contribution in [0.1, 0.15) is 10.4 Å². The van der Waals surface area contributed by atoms with Crippen LogP contribution in [-0.4, -0.2) is 15.9 Å². The summed E-state index contributed by atoms with van der Waals surface area (Å²) in [6.07, 6.45) is 0. The number of carbonyl (C=O) groups excluding carboxylic acids is 1. The first-order valence-electron chi connectivity index (χ1n) is 5.52. The molecular weight excluding hydrogens is 328 g/mol. The van der Waals surface area contributed by atoms with Gasteiger partial charge >= 0.3 is 5.69 Å². The highest BCUT2D eigenvalue weighted by atomic mass is 79.9. The molecule has 102 valence electrons. The van der Waals surface area contributed by atoms with Crippen molar-refractivity contribution in [2.75, 3.05) is 5.32 Å². The van der Waals surface area contributed by atoms with E-state index in [1.165, 1.54) is 6.07 Å². The van der Waals surface area contributed by atoms with Gasteiger partial charge in [-0.15, -0.1) is 0 Å². The van der Waals surface area contributed by atoms with Gasteiger partial charge < -0.3 is 10.4 Å². The molecule has 2 aromatic rings. The molecule has 0 unspecified atom stereocenters. The molecule has 0 spiro atoms. The minimum atomic E-state index is -0.717. The van der Waals surface area contributed by atoms with Crippen LogP contribution in [0.15, 0.2) is 46.9 Å². The van der Waals surface area contributed by atoms with Gasteiger partial charge in [0, 0.05) is 16.1 Å². The van der Waals surface area contributed by atoms with Crippen molar-refractivity contribution in [2.45, 2.75) is 0 Å². The van der Waals surface area contributed by atoms with E-state index in [4.69, 9.17) is 0 Å². The molecule has 0 aliphatic rings. The molecule has 2 aromatic carbocycles. The Labute approximate surface area is 122 Å². The predicted octanol–water partition coefficient (Wildman–Crippen LogP) is 3.32. The molecule has 20 heavy (non-hydrogen) atoms. The maximum Gasteiger partial charge on any atom is 0.310 e. The minimum absolute atomic E-state index is 0.129. The van der Waals surface area contributed by atoms with Crippen molar-refractivity contribution in [3.05, 3.63) is 62.6 Å². The summed E-state index contributed by atoms with van der Waals surface area (Å²) in [6, 6.07) is 10.5. The van der Waals surface area contributed by atoms with Gasteiger partial charge in [0.15, 0.2) is 5.75 Å². The number of halogens is 1. The monoisotopic (exact) mass is 336 g/mol. The number of nitrogens with zero attached hydrogens (tertiary/aromatic N) is 1. The zero-order valence-corrected chi connectivity index (χ0v) is 11.6. The summed E-state index contributed by atoms with van der Waals surface area (Å²) in [5, 5.41) is 22.7. The first kappa shape index (κ1) is 14.0. The summed E-state index contributed by atoms with van der Waals surface area (Å²) in [7, 11) is 0. The molecule has 0 heterocycles. The summed E-state index contributed by atoms with van der Waals surface area (Å²) in [4.78, 5) is 21.8. The van der Waals surface area contributed by atoms with Crippen molar-refractivity contribution >= 4 is 33.2 Å². The largest absolute Gasteiger partial charge is 0.502 e. The molecule has 6 nitrogen and oxygen atoms in total. The third-order valence-electron chi connectivity index (χ3n) is 2.56. The van der Waals surface area contributed by atoms with Gasteiger partial charge in [-0.1, -0.05) is 12.1 Å². The molecule has 0 radical (unpaired) electrons. The standard InChI is InChI=1S/C13H9BrN2O4/c14-9-3-1-2-4-10(9)15-13(18)8-5-6-11(16(19)20)12(17)7-8/h1-7,17H,(H,15,18). The fourth-order valence-electron chi connectivity index (χ4n) is 1.58. The topological polar surface area (TPSA) is 92.5 Å². The van der Waals surface area contributed by atoms with Gasteiger partial charge in [-0.3, -0.25) is 14.9 Å².